The predicted molar refractivity (Wildman–Crippen MR) is 88.9 cm³/mol. The number of nitrogens with zero attached hydrogens (tertiary/aromatic N) is 2. The Hall–Kier alpha value is -1.17. The van der Waals surface area contributed by atoms with Crippen molar-refractivity contribution < 1.29 is 4.74 Å². The van der Waals surface area contributed by atoms with Gasteiger partial charge in [0, 0.05) is 30.9 Å². The SMILES string of the molecule is CCOCCCCNCCSc1ncnc2ccccc12. The fraction of sp³-hybridized carbons (Fsp3) is 0.500. The van der Waals surface area contributed by atoms with Crippen LogP contribution >= 0.6 is 11.8 Å². The Balaban J connectivity index is 1.64. The van der Waals surface area contributed by atoms with Crippen LogP contribution in [0.25, 0.3) is 10.9 Å². The number of thioether (sulfide) groups is 1. The molecule has 1 aromatic heterocycles. The minimum Gasteiger partial charge on any atom is -0.382 e. The maximum absolute atomic E-state index is 5.31. The normalized spacial score (nSPS) is 11.1. The van der Waals surface area contributed by atoms with Crippen molar-refractivity contribution in [3.63, 3.8) is 0 Å². The topological polar surface area (TPSA) is 47.0 Å². The third-order valence-corrected chi connectivity index (χ3v) is 4.13. The number of hydrogen-bond donors (Lipinski definition) is 1. The van der Waals surface area contributed by atoms with Crippen LogP contribution in [0.15, 0.2) is 35.6 Å². The molecule has 0 radical (unpaired) electrons. The van der Waals surface area contributed by atoms with Crippen LogP contribution in [-0.4, -0.2) is 42.0 Å². The van der Waals surface area contributed by atoms with Crippen LogP contribution in [0.3, 0.4) is 0 Å². The summed E-state index contributed by atoms with van der Waals surface area (Å²) in [4.78, 5) is 8.67. The highest BCUT2D eigenvalue weighted by atomic mass is 32.2. The smallest absolute Gasteiger partial charge is 0.117 e. The summed E-state index contributed by atoms with van der Waals surface area (Å²) in [5, 5.41) is 5.67. The van der Waals surface area contributed by atoms with E-state index in [4.69, 9.17) is 4.74 Å². The zero-order chi connectivity index (χ0) is 14.8. The highest BCUT2D eigenvalue weighted by Crippen LogP contribution is 2.23. The van der Waals surface area contributed by atoms with Crippen LogP contribution in [0.2, 0.25) is 0 Å². The maximum atomic E-state index is 5.31. The van der Waals surface area contributed by atoms with Gasteiger partial charge in [0.15, 0.2) is 0 Å². The van der Waals surface area contributed by atoms with Gasteiger partial charge >= 0.3 is 0 Å². The molecular formula is C16H23N3OS. The molecule has 21 heavy (non-hydrogen) atoms. The average Bonchev–Trinajstić information content (AvgIpc) is 2.53. The van der Waals surface area contributed by atoms with Gasteiger partial charge in [0.25, 0.3) is 0 Å². The van der Waals surface area contributed by atoms with Gasteiger partial charge in [0.1, 0.15) is 11.4 Å². The first kappa shape index (κ1) is 16.2. The molecule has 1 N–H and O–H groups in total. The molecule has 0 bridgehead atoms. The first-order chi connectivity index (χ1) is 10.4. The van der Waals surface area contributed by atoms with Crippen LogP contribution in [0.4, 0.5) is 0 Å². The molecule has 0 atom stereocenters. The Bertz CT molecular complexity index is 530. The molecule has 4 nitrogen and oxygen atoms in total. The molecule has 0 unspecified atom stereocenters. The molecular weight excluding hydrogens is 282 g/mol. The summed E-state index contributed by atoms with van der Waals surface area (Å²) >= 11 is 1.78. The zero-order valence-electron chi connectivity index (χ0n) is 12.5. The highest BCUT2D eigenvalue weighted by molar-refractivity contribution is 7.99. The Kier molecular flexibility index (Phi) is 7.49. The van der Waals surface area contributed by atoms with Gasteiger partial charge in [-0.05, 0) is 32.4 Å². The summed E-state index contributed by atoms with van der Waals surface area (Å²) < 4.78 is 5.31. The molecule has 0 saturated carbocycles. The van der Waals surface area contributed by atoms with Gasteiger partial charge in [-0.2, -0.15) is 0 Å². The lowest BCUT2D eigenvalue weighted by atomic mass is 10.2. The van der Waals surface area contributed by atoms with Crippen LogP contribution in [0, 0.1) is 0 Å². The third kappa shape index (κ3) is 5.61. The van der Waals surface area contributed by atoms with Gasteiger partial charge in [-0.1, -0.05) is 18.2 Å². The van der Waals surface area contributed by atoms with E-state index in [2.05, 4.69) is 21.4 Å². The van der Waals surface area contributed by atoms with Crippen molar-refractivity contribution in [2.75, 3.05) is 32.1 Å². The molecule has 2 rings (SSSR count). The zero-order valence-corrected chi connectivity index (χ0v) is 13.4. The second-order valence-corrected chi connectivity index (χ2v) is 5.78. The van der Waals surface area contributed by atoms with Gasteiger partial charge in [0.05, 0.1) is 5.52 Å². The van der Waals surface area contributed by atoms with E-state index in [0.717, 1.165) is 54.4 Å². The van der Waals surface area contributed by atoms with Crippen LogP contribution < -0.4 is 5.32 Å². The summed E-state index contributed by atoms with van der Waals surface area (Å²) in [6.45, 7) is 5.78. The van der Waals surface area contributed by atoms with Gasteiger partial charge in [-0.3, -0.25) is 0 Å². The molecule has 0 spiro atoms. The van der Waals surface area contributed by atoms with Crippen molar-refractivity contribution in [1.82, 2.24) is 15.3 Å². The van der Waals surface area contributed by atoms with E-state index in [1.807, 2.05) is 25.1 Å². The first-order valence-electron chi connectivity index (χ1n) is 7.53. The van der Waals surface area contributed by atoms with Crippen LogP contribution in [0.5, 0.6) is 0 Å². The van der Waals surface area contributed by atoms with E-state index >= 15 is 0 Å². The molecule has 0 fully saturated rings. The number of ether oxygens (including phenoxy) is 1. The standard InChI is InChI=1S/C16H23N3OS/c1-2-20-11-6-5-9-17-10-12-21-16-14-7-3-4-8-15(14)18-13-19-16/h3-4,7-8,13,17H,2,5-6,9-12H2,1H3. The number of benzene rings is 1. The molecule has 1 heterocycles. The van der Waals surface area contributed by atoms with Crippen molar-refractivity contribution in [1.29, 1.82) is 0 Å². The first-order valence-corrected chi connectivity index (χ1v) is 8.51. The van der Waals surface area contributed by atoms with Gasteiger partial charge in [-0.25, -0.2) is 9.97 Å². The van der Waals surface area contributed by atoms with Gasteiger partial charge in [-0.15, -0.1) is 11.8 Å². The Morgan fingerprint density at radius 3 is 2.95 bits per heavy atom. The maximum Gasteiger partial charge on any atom is 0.117 e. The third-order valence-electron chi connectivity index (χ3n) is 3.12. The van der Waals surface area contributed by atoms with Crippen molar-refractivity contribution in [2.45, 2.75) is 24.8 Å². The van der Waals surface area contributed by atoms with Gasteiger partial charge < -0.3 is 10.1 Å². The molecule has 114 valence electrons. The highest BCUT2D eigenvalue weighted by Gasteiger charge is 2.02. The number of aromatic nitrogens is 2. The van der Waals surface area contributed by atoms with E-state index in [9.17, 15) is 0 Å². The Morgan fingerprint density at radius 1 is 1.14 bits per heavy atom. The lowest BCUT2D eigenvalue weighted by Gasteiger charge is -2.06. The number of unbranched alkanes of at least 4 members (excludes halogenated alkanes) is 1. The number of nitrogens with one attached hydrogen (secondary N) is 1. The fourth-order valence-electron chi connectivity index (χ4n) is 2.04. The number of rotatable bonds is 10. The minimum absolute atomic E-state index is 0.816. The monoisotopic (exact) mass is 305 g/mol. The average molecular weight is 305 g/mol. The van der Waals surface area contributed by atoms with Crippen molar-refractivity contribution in [3.8, 4) is 0 Å². The quantitative estimate of drug-likeness (QED) is 0.415. The van der Waals surface area contributed by atoms with E-state index in [1.165, 1.54) is 6.42 Å². The van der Waals surface area contributed by atoms with Crippen LogP contribution in [0.1, 0.15) is 19.8 Å². The summed E-state index contributed by atoms with van der Waals surface area (Å²) in [6.07, 6.45) is 3.94. The Labute approximate surface area is 130 Å². The van der Waals surface area contributed by atoms with Gasteiger partial charge in [0.2, 0.25) is 0 Å². The van der Waals surface area contributed by atoms with Crippen LogP contribution in [-0.2, 0) is 4.74 Å². The summed E-state index contributed by atoms with van der Waals surface area (Å²) in [5.41, 5.74) is 1.01. The molecule has 2 aromatic rings. The van der Waals surface area contributed by atoms with Crippen molar-refractivity contribution >= 4 is 22.7 Å². The van der Waals surface area contributed by atoms with E-state index < -0.39 is 0 Å². The predicted octanol–water partition coefficient (Wildman–Crippen LogP) is 3.13. The number of hydrogen-bond acceptors (Lipinski definition) is 5. The molecule has 0 saturated heterocycles. The van der Waals surface area contributed by atoms with Crippen molar-refractivity contribution in [2.24, 2.45) is 0 Å². The van der Waals surface area contributed by atoms with E-state index in [1.54, 1.807) is 18.1 Å². The lowest BCUT2D eigenvalue weighted by molar-refractivity contribution is 0.143. The second kappa shape index (κ2) is 9.71. The molecule has 0 aliphatic heterocycles. The number of fused-ring (bicyclic) bond motifs is 1. The Morgan fingerprint density at radius 2 is 2.05 bits per heavy atom. The van der Waals surface area contributed by atoms with E-state index in [0.29, 0.717) is 0 Å². The minimum atomic E-state index is 0.816. The second-order valence-electron chi connectivity index (χ2n) is 4.70. The largest absolute Gasteiger partial charge is 0.382 e. The summed E-state index contributed by atoms with van der Waals surface area (Å²) in [7, 11) is 0. The summed E-state index contributed by atoms with van der Waals surface area (Å²) in [5.74, 6) is 1.02. The molecule has 0 amide bonds. The molecule has 1 aromatic carbocycles. The van der Waals surface area contributed by atoms with Crippen molar-refractivity contribution in [3.05, 3.63) is 30.6 Å². The summed E-state index contributed by atoms with van der Waals surface area (Å²) in [6, 6.07) is 8.15. The van der Waals surface area contributed by atoms with E-state index in [-0.39, 0.29) is 0 Å². The number of para-hydroxylation sites is 1. The fourth-order valence-corrected chi connectivity index (χ4v) is 2.93. The molecule has 0 aliphatic rings. The lowest BCUT2D eigenvalue weighted by Crippen LogP contribution is -2.18. The molecule has 5 heteroatoms. The molecule has 0 aliphatic carbocycles.